The Morgan fingerprint density at radius 1 is 0.962 bits per heavy atom. The third-order valence-corrected chi connectivity index (χ3v) is 11.3. The number of carbonyl (C=O) groups excluding carboxylic acids is 3. The molecule has 0 saturated heterocycles. The van der Waals surface area contributed by atoms with E-state index in [9.17, 15) is 24.6 Å². The van der Waals surface area contributed by atoms with Crippen LogP contribution < -0.4 is 10.6 Å². The zero-order valence-electron chi connectivity index (χ0n) is 31.4. The number of aromatic amines is 1. The smallest absolute Gasteiger partial charge is 0.243 e. The number of benzene rings is 2. The number of nitrogens with one attached hydrogen (secondary N) is 3. The van der Waals surface area contributed by atoms with Crippen molar-refractivity contribution in [2.24, 2.45) is 17.8 Å². The molecule has 2 heterocycles. The monoisotopic (exact) mass is 743 g/mol. The zero-order chi connectivity index (χ0) is 37.7. The molecular formula is C42H57N5O5S. The molecule has 2 aromatic carbocycles. The number of fused-ring (bicyclic) bond motifs is 1. The van der Waals surface area contributed by atoms with E-state index in [1.807, 2.05) is 74.0 Å². The van der Waals surface area contributed by atoms with Gasteiger partial charge in [0.15, 0.2) is 0 Å². The highest BCUT2D eigenvalue weighted by Crippen LogP contribution is 2.29. The van der Waals surface area contributed by atoms with E-state index in [4.69, 9.17) is 0 Å². The van der Waals surface area contributed by atoms with E-state index < -0.39 is 42.0 Å². The second-order valence-electron chi connectivity index (χ2n) is 15.3. The van der Waals surface area contributed by atoms with Crippen LogP contribution in [0.1, 0.15) is 82.0 Å². The summed E-state index contributed by atoms with van der Waals surface area (Å²) in [6.45, 7) is 4.47. The summed E-state index contributed by atoms with van der Waals surface area (Å²) in [5.41, 5.74) is 5.43. The minimum absolute atomic E-state index is 0.0272. The van der Waals surface area contributed by atoms with Crippen molar-refractivity contribution < 1.29 is 24.6 Å². The molecule has 0 bridgehead atoms. The van der Waals surface area contributed by atoms with Crippen LogP contribution >= 0.6 is 11.3 Å². The van der Waals surface area contributed by atoms with Crippen molar-refractivity contribution in [2.75, 3.05) is 13.6 Å². The summed E-state index contributed by atoms with van der Waals surface area (Å²) in [7, 11) is 1.76. The lowest BCUT2D eigenvalue weighted by atomic mass is 9.82. The Kier molecular flexibility index (Phi) is 15.0. The van der Waals surface area contributed by atoms with Crippen LogP contribution in [0.15, 0.2) is 71.7 Å². The third kappa shape index (κ3) is 12.0. The Bertz CT molecular complexity index is 1720. The van der Waals surface area contributed by atoms with Crippen molar-refractivity contribution in [3.63, 3.8) is 0 Å². The van der Waals surface area contributed by atoms with E-state index in [2.05, 4.69) is 26.7 Å². The van der Waals surface area contributed by atoms with Crippen LogP contribution in [-0.2, 0) is 33.6 Å². The topological polar surface area (TPSA) is 148 Å². The van der Waals surface area contributed by atoms with Gasteiger partial charge in [-0.05, 0) is 54.7 Å². The fourth-order valence-electron chi connectivity index (χ4n) is 7.56. The Balaban J connectivity index is 1.31. The van der Waals surface area contributed by atoms with Crippen molar-refractivity contribution in [3.05, 3.63) is 88.5 Å². The fraction of sp³-hybridized carbons (Fsp3) is 0.524. The van der Waals surface area contributed by atoms with Crippen molar-refractivity contribution in [1.82, 2.24) is 25.5 Å². The van der Waals surface area contributed by atoms with Crippen LogP contribution in [0.25, 0.3) is 10.9 Å². The predicted octanol–water partition coefficient (Wildman–Crippen LogP) is 5.82. The van der Waals surface area contributed by atoms with Gasteiger partial charge in [-0.15, -0.1) is 11.3 Å². The molecular weight excluding hydrogens is 687 g/mol. The molecule has 5 atom stereocenters. The summed E-state index contributed by atoms with van der Waals surface area (Å²) in [4.78, 5) is 51.5. The van der Waals surface area contributed by atoms with Gasteiger partial charge in [0.2, 0.25) is 17.7 Å². The summed E-state index contributed by atoms with van der Waals surface area (Å²) in [5, 5.41) is 31.4. The number of amides is 3. The number of hydrogen-bond acceptors (Lipinski definition) is 7. The number of para-hydroxylation sites is 1. The highest BCUT2D eigenvalue weighted by molar-refractivity contribution is 7.07. The second-order valence-corrected chi connectivity index (χ2v) is 16.0. The molecule has 4 aromatic rings. The Morgan fingerprint density at radius 2 is 1.70 bits per heavy atom. The standard InChI is InChI=1S/C42H57N5O5S/c1-28(2)20-38(48)40(50)36(22-30-14-8-5-9-15-30)45-42(52)37(24-33-26-53-27-44-33)46-41(51)32(21-29-12-6-4-7-13-29)23-39(49)47(3)19-18-31-25-43-35-17-11-10-16-34(31)35/h4,6-7,10-13,16-17,25-28,30,32,36-38,40,43,48,50H,5,8-9,14-15,18-24H2,1-3H3,(H,45,52)(H,46,51)/t32-,36+,37+,38+,40-/m1/s1. The van der Waals surface area contributed by atoms with E-state index in [0.717, 1.165) is 47.7 Å². The number of aromatic nitrogens is 2. The normalized spacial score (nSPS) is 16.5. The highest BCUT2D eigenvalue weighted by Gasteiger charge is 2.34. The summed E-state index contributed by atoms with van der Waals surface area (Å²) in [6.07, 6.45) is 7.33. The first-order valence-corrected chi connectivity index (χ1v) is 20.2. The molecule has 0 spiro atoms. The van der Waals surface area contributed by atoms with Crippen molar-refractivity contribution >= 4 is 40.0 Å². The Labute approximate surface area is 317 Å². The molecule has 1 aliphatic carbocycles. The first-order chi connectivity index (χ1) is 25.6. The number of nitrogens with zero attached hydrogens (tertiary/aromatic N) is 2. The number of aliphatic hydroxyl groups excluding tert-OH is 2. The predicted molar refractivity (Wildman–Crippen MR) is 210 cm³/mol. The fourth-order valence-corrected chi connectivity index (χ4v) is 8.13. The average Bonchev–Trinajstić information content (AvgIpc) is 3.83. The van der Waals surface area contributed by atoms with Crippen LogP contribution in [0.4, 0.5) is 0 Å². The Morgan fingerprint density at radius 3 is 2.42 bits per heavy atom. The highest BCUT2D eigenvalue weighted by atomic mass is 32.1. The number of hydrogen-bond donors (Lipinski definition) is 5. The summed E-state index contributed by atoms with van der Waals surface area (Å²) >= 11 is 1.41. The average molecular weight is 744 g/mol. The molecule has 0 aliphatic heterocycles. The maximum atomic E-state index is 14.2. The maximum Gasteiger partial charge on any atom is 0.243 e. The van der Waals surface area contributed by atoms with Crippen LogP contribution in [0.2, 0.25) is 0 Å². The van der Waals surface area contributed by atoms with E-state index in [0.29, 0.717) is 43.8 Å². The van der Waals surface area contributed by atoms with Crippen LogP contribution in [0.5, 0.6) is 0 Å². The maximum absolute atomic E-state index is 14.2. The molecule has 2 aromatic heterocycles. The van der Waals surface area contributed by atoms with Gasteiger partial charge in [-0.1, -0.05) is 94.5 Å². The van der Waals surface area contributed by atoms with Gasteiger partial charge in [-0.25, -0.2) is 4.98 Å². The molecule has 3 amide bonds. The molecule has 0 radical (unpaired) electrons. The van der Waals surface area contributed by atoms with Crippen molar-refractivity contribution in [3.8, 4) is 0 Å². The SMILES string of the molecule is CC(C)C[C@H](O)[C@H](O)[C@H](CC1CCCCC1)NC(=O)[C@H](Cc1cscn1)NC(=O)[C@@H](CC(=O)N(C)CCc1c[nH]c2ccccc12)Cc1ccccc1. The van der Waals surface area contributed by atoms with Gasteiger partial charge in [0.25, 0.3) is 0 Å². The minimum Gasteiger partial charge on any atom is -0.390 e. The van der Waals surface area contributed by atoms with Gasteiger partial charge in [0, 0.05) is 48.9 Å². The number of thiazole rings is 1. The van der Waals surface area contributed by atoms with Gasteiger partial charge in [-0.3, -0.25) is 14.4 Å². The first kappa shape index (κ1) is 40.1. The minimum atomic E-state index is -1.15. The molecule has 1 fully saturated rings. The van der Waals surface area contributed by atoms with Crippen molar-refractivity contribution in [1.29, 1.82) is 0 Å². The van der Waals surface area contributed by atoms with Gasteiger partial charge in [0.05, 0.1) is 29.3 Å². The molecule has 5 rings (SSSR count). The molecule has 1 aliphatic rings. The Hall–Kier alpha value is -4.06. The van der Waals surface area contributed by atoms with Gasteiger partial charge in [0.1, 0.15) is 12.1 Å². The number of likely N-dealkylation sites (N-methyl/N-ethyl adjacent to an activating group) is 1. The van der Waals surface area contributed by atoms with Crippen LogP contribution in [-0.4, -0.2) is 80.7 Å². The quantitative estimate of drug-likeness (QED) is 0.0818. The van der Waals surface area contributed by atoms with Gasteiger partial charge >= 0.3 is 0 Å². The number of rotatable bonds is 19. The summed E-state index contributed by atoms with van der Waals surface area (Å²) in [6, 6.07) is 16.0. The molecule has 11 heteroatoms. The van der Waals surface area contributed by atoms with E-state index >= 15 is 0 Å². The van der Waals surface area contributed by atoms with E-state index in [1.54, 1.807) is 17.5 Å². The third-order valence-electron chi connectivity index (χ3n) is 10.6. The lowest BCUT2D eigenvalue weighted by Gasteiger charge is -2.34. The summed E-state index contributed by atoms with van der Waals surface area (Å²) in [5.74, 6) is -1.23. The van der Waals surface area contributed by atoms with Gasteiger partial charge in [-0.2, -0.15) is 0 Å². The van der Waals surface area contributed by atoms with E-state index in [1.165, 1.54) is 17.8 Å². The van der Waals surface area contributed by atoms with Crippen LogP contribution in [0.3, 0.4) is 0 Å². The van der Waals surface area contributed by atoms with Crippen molar-refractivity contribution in [2.45, 2.75) is 109 Å². The number of H-pyrrole nitrogens is 1. The van der Waals surface area contributed by atoms with Gasteiger partial charge < -0.3 is 30.7 Å². The first-order valence-electron chi connectivity index (χ1n) is 19.2. The van der Waals surface area contributed by atoms with Crippen LogP contribution in [0, 0.1) is 17.8 Å². The molecule has 0 unspecified atom stereocenters. The second kappa shape index (κ2) is 19.9. The molecule has 1 saturated carbocycles. The molecule has 286 valence electrons. The van der Waals surface area contributed by atoms with E-state index in [-0.39, 0.29) is 24.7 Å². The largest absolute Gasteiger partial charge is 0.390 e. The molecule has 10 nitrogen and oxygen atoms in total. The lowest BCUT2D eigenvalue weighted by Crippen LogP contribution is -2.56. The molecule has 5 N–H and O–H groups in total. The zero-order valence-corrected chi connectivity index (χ0v) is 32.2. The summed E-state index contributed by atoms with van der Waals surface area (Å²) < 4.78 is 0. The lowest BCUT2D eigenvalue weighted by molar-refractivity contribution is -0.136. The number of aliphatic hydroxyl groups is 2. The number of carbonyl (C=O) groups is 3. The molecule has 53 heavy (non-hydrogen) atoms.